The summed E-state index contributed by atoms with van der Waals surface area (Å²) in [5, 5.41) is 0. The number of imide groups is 1. The van der Waals surface area contributed by atoms with Gasteiger partial charge in [0, 0.05) is 0 Å². The van der Waals surface area contributed by atoms with E-state index in [1.165, 1.54) is 0 Å². The molecule has 3 rings (SSSR count). The molecule has 0 radical (unpaired) electrons. The normalized spacial score (nSPS) is 20.1. The van der Waals surface area contributed by atoms with E-state index in [-0.39, 0.29) is 19.2 Å². The zero-order valence-electron chi connectivity index (χ0n) is 12.0. The van der Waals surface area contributed by atoms with Gasteiger partial charge < -0.3 is 9.64 Å². The first-order valence-electron chi connectivity index (χ1n) is 6.75. The van der Waals surface area contributed by atoms with E-state index in [0.29, 0.717) is 17.7 Å². The molecule has 21 heavy (non-hydrogen) atoms. The summed E-state index contributed by atoms with van der Waals surface area (Å²) in [5.74, 6) is -1.12. The van der Waals surface area contributed by atoms with Crippen molar-refractivity contribution >= 4 is 17.7 Å². The largest absolute Gasteiger partial charge is 0.359 e. The summed E-state index contributed by atoms with van der Waals surface area (Å²) in [6.07, 6.45) is 0. The molecular formula is C15H16N2O4. The number of amides is 3. The van der Waals surface area contributed by atoms with Gasteiger partial charge in [0.2, 0.25) is 5.91 Å². The molecule has 0 aliphatic carbocycles. The number of nitrogens with zero attached hydrogens (tertiary/aromatic N) is 2. The van der Waals surface area contributed by atoms with Gasteiger partial charge in [-0.15, -0.1) is 0 Å². The molecule has 0 N–H and O–H groups in total. The second kappa shape index (κ2) is 4.66. The predicted octanol–water partition coefficient (Wildman–Crippen LogP) is 0.877. The highest BCUT2D eigenvalue weighted by atomic mass is 16.5. The summed E-state index contributed by atoms with van der Waals surface area (Å²) >= 11 is 0. The number of benzene rings is 1. The van der Waals surface area contributed by atoms with Crippen LogP contribution in [-0.4, -0.2) is 52.9 Å². The zero-order chi connectivity index (χ0) is 15.2. The van der Waals surface area contributed by atoms with Gasteiger partial charge in [-0.25, -0.2) is 0 Å². The van der Waals surface area contributed by atoms with E-state index in [2.05, 4.69) is 0 Å². The monoisotopic (exact) mass is 288 g/mol. The summed E-state index contributed by atoms with van der Waals surface area (Å²) in [4.78, 5) is 39.4. The zero-order valence-corrected chi connectivity index (χ0v) is 12.0. The molecule has 0 bridgehead atoms. The van der Waals surface area contributed by atoms with Gasteiger partial charge in [-0.05, 0) is 26.0 Å². The molecule has 6 heteroatoms. The van der Waals surface area contributed by atoms with E-state index in [9.17, 15) is 14.4 Å². The highest BCUT2D eigenvalue weighted by molar-refractivity contribution is 6.22. The molecule has 0 unspecified atom stereocenters. The van der Waals surface area contributed by atoms with Crippen molar-refractivity contribution in [1.29, 1.82) is 0 Å². The summed E-state index contributed by atoms with van der Waals surface area (Å²) in [6, 6.07) is 6.60. The van der Waals surface area contributed by atoms with Gasteiger partial charge in [0.25, 0.3) is 11.8 Å². The van der Waals surface area contributed by atoms with Gasteiger partial charge in [0.15, 0.2) is 0 Å². The lowest BCUT2D eigenvalue weighted by Crippen LogP contribution is -2.49. The average Bonchev–Trinajstić information content (AvgIpc) is 2.92. The Hall–Kier alpha value is -2.21. The first-order chi connectivity index (χ1) is 9.92. The second-order valence-electron chi connectivity index (χ2n) is 5.85. The minimum Gasteiger partial charge on any atom is -0.359 e. The number of rotatable bonds is 2. The molecule has 0 spiro atoms. The Morgan fingerprint density at radius 3 is 2.24 bits per heavy atom. The number of hydrogen-bond acceptors (Lipinski definition) is 4. The van der Waals surface area contributed by atoms with Crippen molar-refractivity contribution < 1.29 is 19.1 Å². The molecule has 1 saturated heterocycles. The van der Waals surface area contributed by atoms with E-state index >= 15 is 0 Å². The molecule has 1 fully saturated rings. The second-order valence-corrected chi connectivity index (χ2v) is 5.85. The quantitative estimate of drug-likeness (QED) is 0.758. The minimum absolute atomic E-state index is 0.189. The third kappa shape index (κ3) is 2.12. The maximum atomic E-state index is 12.4. The van der Waals surface area contributed by atoms with Crippen LogP contribution in [0.4, 0.5) is 0 Å². The maximum absolute atomic E-state index is 12.4. The highest BCUT2D eigenvalue weighted by Crippen LogP contribution is 2.25. The van der Waals surface area contributed by atoms with Gasteiger partial charge in [0.1, 0.15) is 13.3 Å². The lowest BCUT2D eigenvalue weighted by molar-refractivity contribution is -0.135. The molecule has 1 aromatic rings. The minimum atomic E-state index is -0.421. The number of fused-ring (bicyclic) bond motifs is 1. The van der Waals surface area contributed by atoms with E-state index in [0.717, 1.165) is 4.90 Å². The van der Waals surface area contributed by atoms with Crippen LogP contribution >= 0.6 is 0 Å². The molecule has 110 valence electrons. The molecule has 0 atom stereocenters. The van der Waals surface area contributed by atoms with E-state index in [4.69, 9.17) is 4.74 Å². The summed E-state index contributed by atoms with van der Waals surface area (Å²) in [6.45, 7) is 4.16. The standard InChI is InChI=1S/C15H16N2O4/c1-15(2)8-21-9-17(15)12(18)7-16-13(19)10-5-3-4-6-11(10)14(16)20/h3-6H,7-9H2,1-2H3. The summed E-state index contributed by atoms with van der Waals surface area (Å²) in [7, 11) is 0. The topological polar surface area (TPSA) is 66.9 Å². The summed E-state index contributed by atoms with van der Waals surface area (Å²) < 4.78 is 5.29. The van der Waals surface area contributed by atoms with Crippen LogP contribution in [0.25, 0.3) is 0 Å². The van der Waals surface area contributed by atoms with Crippen LogP contribution in [-0.2, 0) is 9.53 Å². The fraction of sp³-hybridized carbons (Fsp3) is 0.400. The van der Waals surface area contributed by atoms with Crippen LogP contribution in [0.1, 0.15) is 34.6 Å². The molecule has 0 saturated carbocycles. The first kappa shape index (κ1) is 13.8. The number of carbonyl (C=O) groups excluding carboxylic acids is 3. The Balaban J connectivity index is 1.80. The third-order valence-corrected chi connectivity index (χ3v) is 3.88. The Morgan fingerprint density at radius 2 is 1.76 bits per heavy atom. The molecule has 2 aliphatic rings. The smallest absolute Gasteiger partial charge is 0.262 e. The fourth-order valence-corrected chi connectivity index (χ4v) is 2.65. The third-order valence-electron chi connectivity index (χ3n) is 3.88. The Labute approximate surface area is 122 Å². The van der Waals surface area contributed by atoms with Gasteiger partial charge in [-0.3, -0.25) is 19.3 Å². The fourth-order valence-electron chi connectivity index (χ4n) is 2.65. The van der Waals surface area contributed by atoms with Crippen molar-refractivity contribution in [2.45, 2.75) is 19.4 Å². The average molecular weight is 288 g/mol. The lowest BCUT2D eigenvalue weighted by atomic mass is 10.1. The van der Waals surface area contributed by atoms with Crippen LogP contribution < -0.4 is 0 Å². The van der Waals surface area contributed by atoms with E-state index < -0.39 is 17.4 Å². The van der Waals surface area contributed by atoms with Crippen molar-refractivity contribution in [2.24, 2.45) is 0 Å². The summed E-state index contributed by atoms with van der Waals surface area (Å²) in [5.41, 5.74) is 0.287. The van der Waals surface area contributed by atoms with Gasteiger partial charge >= 0.3 is 0 Å². The molecule has 6 nitrogen and oxygen atoms in total. The maximum Gasteiger partial charge on any atom is 0.262 e. The van der Waals surface area contributed by atoms with Crippen LogP contribution in [0.2, 0.25) is 0 Å². The molecular weight excluding hydrogens is 272 g/mol. The molecule has 0 aromatic heterocycles. The molecule has 3 amide bonds. The van der Waals surface area contributed by atoms with Crippen molar-refractivity contribution in [3.05, 3.63) is 35.4 Å². The van der Waals surface area contributed by atoms with Crippen LogP contribution in [0, 0.1) is 0 Å². The Morgan fingerprint density at radius 1 is 1.19 bits per heavy atom. The highest BCUT2D eigenvalue weighted by Gasteiger charge is 2.41. The predicted molar refractivity (Wildman–Crippen MR) is 73.6 cm³/mol. The van der Waals surface area contributed by atoms with Crippen LogP contribution in [0.15, 0.2) is 24.3 Å². The van der Waals surface area contributed by atoms with Crippen molar-refractivity contribution in [2.75, 3.05) is 19.9 Å². The number of hydrogen-bond donors (Lipinski definition) is 0. The Bertz CT molecular complexity index is 603. The van der Waals surface area contributed by atoms with Gasteiger partial charge in [-0.2, -0.15) is 0 Å². The Kier molecular flexibility index (Phi) is 3.06. The molecule has 2 heterocycles. The van der Waals surface area contributed by atoms with Gasteiger partial charge in [0.05, 0.1) is 23.3 Å². The number of carbonyl (C=O) groups is 3. The van der Waals surface area contributed by atoms with Gasteiger partial charge in [-0.1, -0.05) is 12.1 Å². The van der Waals surface area contributed by atoms with Crippen LogP contribution in [0.5, 0.6) is 0 Å². The van der Waals surface area contributed by atoms with Crippen LogP contribution in [0.3, 0.4) is 0 Å². The first-order valence-corrected chi connectivity index (χ1v) is 6.75. The van der Waals surface area contributed by atoms with E-state index in [1.54, 1.807) is 29.2 Å². The van der Waals surface area contributed by atoms with Crippen molar-refractivity contribution in [3.63, 3.8) is 0 Å². The SMILES string of the molecule is CC1(C)COCN1C(=O)CN1C(=O)c2ccccc2C1=O. The van der Waals surface area contributed by atoms with Crippen molar-refractivity contribution in [1.82, 2.24) is 9.80 Å². The molecule has 1 aromatic carbocycles. The van der Waals surface area contributed by atoms with E-state index in [1.807, 2.05) is 13.8 Å². The lowest BCUT2D eigenvalue weighted by Gasteiger charge is -2.30. The van der Waals surface area contributed by atoms with Crippen molar-refractivity contribution in [3.8, 4) is 0 Å². The number of ether oxygens (including phenoxy) is 1. The molecule has 2 aliphatic heterocycles.